The highest BCUT2D eigenvalue weighted by molar-refractivity contribution is 7.99. The van der Waals surface area contributed by atoms with Crippen molar-refractivity contribution >= 4 is 29.3 Å². The molecule has 5 rings (SSSR count). The normalized spacial score (nSPS) is 20.6. The first-order valence-electron chi connectivity index (χ1n) is 12.1. The van der Waals surface area contributed by atoms with E-state index in [1.807, 2.05) is 28.8 Å². The minimum atomic E-state index is -0.726. The Morgan fingerprint density at radius 2 is 1.91 bits per heavy atom. The van der Waals surface area contributed by atoms with Gasteiger partial charge in [-0.3, -0.25) is 4.79 Å². The SMILES string of the molecule is O=C(c1ccc(O)cc1OC[C@H](O)CN1CCC2(CC1)OCc1cc(Cl)ccc12)N1CCSCC1. The average Bonchev–Trinajstić information content (AvgIpc) is 3.21. The van der Waals surface area contributed by atoms with Gasteiger partial charge in [0.1, 0.15) is 24.2 Å². The molecule has 9 heteroatoms. The molecule has 1 spiro atoms. The summed E-state index contributed by atoms with van der Waals surface area (Å²) in [7, 11) is 0. The van der Waals surface area contributed by atoms with Crippen molar-refractivity contribution in [3.63, 3.8) is 0 Å². The largest absolute Gasteiger partial charge is 0.508 e. The van der Waals surface area contributed by atoms with Crippen LogP contribution in [-0.2, 0) is 16.9 Å². The summed E-state index contributed by atoms with van der Waals surface area (Å²) < 4.78 is 12.1. The second-order valence-electron chi connectivity index (χ2n) is 9.43. The summed E-state index contributed by atoms with van der Waals surface area (Å²) in [6.45, 7) is 4.11. The molecule has 7 nitrogen and oxygen atoms in total. The summed E-state index contributed by atoms with van der Waals surface area (Å²) in [5.74, 6) is 2.06. The standard InChI is InChI=1S/C26H31ClN2O5S/c27-19-1-4-23-18(13-19)16-34-26(23)5-7-28(8-6-26)15-21(31)17-33-24-14-20(30)2-3-22(24)25(32)29-9-11-35-12-10-29/h1-4,13-14,21,30-31H,5-12,15-17H2/t21-/m1/s1. The van der Waals surface area contributed by atoms with E-state index in [0.717, 1.165) is 42.5 Å². The Morgan fingerprint density at radius 3 is 2.69 bits per heavy atom. The minimum absolute atomic E-state index is 0.0275. The van der Waals surface area contributed by atoms with Gasteiger partial charge in [0, 0.05) is 55.3 Å². The molecule has 0 aliphatic carbocycles. The van der Waals surface area contributed by atoms with Crippen LogP contribution in [0.25, 0.3) is 0 Å². The lowest BCUT2D eigenvalue weighted by Crippen LogP contribution is -2.46. The summed E-state index contributed by atoms with van der Waals surface area (Å²) in [5, 5.41) is 21.4. The van der Waals surface area contributed by atoms with Gasteiger partial charge in [0.05, 0.1) is 17.8 Å². The molecule has 3 aliphatic rings. The molecule has 0 aromatic heterocycles. The van der Waals surface area contributed by atoms with Crippen LogP contribution in [0.15, 0.2) is 36.4 Å². The Labute approximate surface area is 215 Å². The van der Waals surface area contributed by atoms with E-state index < -0.39 is 6.10 Å². The number of piperidine rings is 1. The molecule has 3 heterocycles. The van der Waals surface area contributed by atoms with Crippen LogP contribution in [0.5, 0.6) is 11.5 Å². The zero-order valence-electron chi connectivity index (χ0n) is 19.6. The molecule has 3 aliphatic heterocycles. The number of nitrogens with zero attached hydrogens (tertiary/aromatic N) is 2. The molecular weight excluding hydrogens is 488 g/mol. The van der Waals surface area contributed by atoms with Crippen molar-refractivity contribution in [1.29, 1.82) is 0 Å². The number of β-amino-alcohol motifs (C(OH)–C–C–N with tert-alkyl or cyclic N) is 1. The third-order valence-electron chi connectivity index (χ3n) is 7.12. The van der Waals surface area contributed by atoms with Gasteiger partial charge in [-0.15, -0.1) is 0 Å². The monoisotopic (exact) mass is 518 g/mol. The van der Waals surface area contributed by atoms with E-state index in [1.54, 1.807) is 6.07 Å². The van der Waals surface area contributed by atoms with Gasteiger partial charge in [0.2, 0.25) is 0 Å². The van der Waals surface area contributed by atoms with Gasteiger partial charge >= 0.3 is 0 Å². The number of phenols is 1. The number of phenolic OH excluding ortho intramolecular Hbond substituents is 1. The molecular formula is C26H31ClN2O5S. The first-order valence-corrected chi connectivity index (χ1v) is 13.6. The van der Waals surface area contributed by atoms with E-state index >= 15 is 0 Å². The van der Waals surface area contributed by atoms with E-state index in [-0.39, 0.29) is 23.9 Å². The van der Waals surface area contributed by atoms with Gasteiger partial charge in [-0.1, -0.05) is 17.7 Å². The Kier molecular flexibility index (Phi) is 7.46. The number of aromatic hydroxyl groups is 1. The maximum absolute atomic E-state index is 13.0. The topological polar surface area (TPSA) is 82.5 Å². The molecule has 188 valence electrons. The number of amides is 1. The second kappa shape index (κ2) is 10.6. The Bertz CT molecular complexity index is 1070. The number of hydrogen-bond donors (Lipinski definition) is 2. The van der Waals surface area contributed by atoms with E-state index in [4.69, 9.17) is 21.1 Å². The summed E-state index contributed by atoms with van der Waals surface area (Å²) in [4.78, 5) is 17.0. The number of aliphatic hydroxyl groups is 1. The molecule has 35 heavy (non-hydrogen) atoms. The fraction of sp³-hybridized carbons (Fsp3) is 0.500. The summed E-state index contributed by atoms with van der Waals surface area (Å²) in [6.07, 6.45) is 0.986. The van der Waals surface area contributed by atoms with E-state index in [1.165, 1.54) is 23.3 Å². The molecule has 1 atom stereocenters. The first kappa shape index (κ1) is 24.7. The van der Waals surface area contributed by atoms with Gasteiger partial charge in [-0.2, -0.15) is 11.8 Å². The molecule has 2 aromatic rings. The molecule has 0 radical (unpaired) electrons. The molecule has 0 unspecified atom stereocenters. The van der Waals surface area contributed by atoms with Crippen molar-refractivity contribution in [3.8, 4) is 11.5 Å². The summed E-state index contributed by atoms with van der Waals surface area (Å²) >= 11 is 7.98. The number of ether oxygens (including phenoxy) is 2. The number of benzene rings is 2. The molecule has 1 amide bonds. The zero-order valence-corrected chi connectivity index (χ0v) is 21.2. The number of rotatable bonds is 6. The fourth-order valence-electron chi connectivity index (χ4n) is 5.21. The predicted molar refractivity (Wildman–Crippen MR) is 136 cm³/mol. The number of carbonyl (C=O) groups is 1. The Morgan fingerprint density at radius 1 is 1.14 bits per heavy atom. The number of hydrogen-bond acceptors (Lipinski definition) is 7. The highest BCUT2D eigenvalue weighted by atomic mass is 35.5. The predicted octanol–water partition coefficient (Wildman–Crippen LogP) is 3.50. The third kappa shape index (κ3) is 5.42. The minimum Gasteiger partial charge on any atom is -0.508 e. The molecule has 2 saturated heterocycles. The number of thioether (sulfide) groups is 1. The van der Waals surface area contributed by atoms with Crippen LogP contribution in [0.3, 0.4) is 0 Å². The zero-order chi connectivity index (χ0) is 24.4. The van der Waals surface area contributed by atoms with Gasteiger partial charge in [-0.25, -0.2) is 0 Å². The van der Waals surface area contributed by atoms with Gasteiger partial charge in [0.25, 0.3) is 5.91 Å². The van der Waals surface area contributed by atoms with Crippen LogP contribution < -0.4 is 4.74 Å². The van der Waals surface area contributed by atoms with Gasteiger partial charge < -0.3 is 29.5 Å². The van der Waals surface area contributed by atoms with E-state index in [0.29, 0.717) is 37.6 Å². The average molecular weight is 519 g/mol. The molecule has 0 bridgehead atoms. The van der Waals surface area contributed by atoms with Gasteiger partial charge in [-0.05, 0) is 48.2 Å². The highest BCUT2D eigenvalue weighted by Crippen LogP contribution is 2.44. The number of carbonyl (C=O) groups excluding carboxylic acids is 1. The lowest BCUT2D eigenvalue weighted by atomic mass is 9.84. The summed E-state index contributed by atoms with van der Waals surface area (Å²) in [6, 6.07) is 10.5. The number of fused-ring (bicyclic) bond motifs is 2. The van der Waals surface area contributed by atoms with Crippen LogP contribution >= 0.6 is 23.4 Å². The first-order chi connectivity index (χ1) is 16.9. The third-order valence-corrected chi connectivity index (χ3v) is 8.30. The highest BCUT2D eigenvalue weighted by Gasteiger charge is 2.42. The molecule has 2 aromatic carbocycles. The van der Waals surface area contributed by atoms with Crippen LogP contribution in [-0.4, -0.2) is 82.9 Å². The lowest BCUT2D eigenvalue weighted by Gasteiger charge is -2.39. The van der Waals surface area contributed by atoms with Crippen LogP contribution in [0.1, 0.15) is 34.3 Å². The van der Waals surface area contributed by atoms with Gasteiger partial charge in [0.15, 0.2) is 0 Å². The summed E-state index contributed by atoms with van der Waals surface area (Å²) in [5.41, 5.74) is 2.55. The molecule has 2 N–H and O–H groups in total. The van der Waals surface area contributed by atoms with Crippen molar-refractivity contribution in [2.24, 2.45) is 0 Å². The molecule has 0 saturated carbocycles. The van der Waals surface area contributed by atoms with E-state index in [2.05, 4.69) is 11.0 Å². The number of likely N-dealkylation sites (tertiary alicyclic amines) is 1. The van der Waals surface area contributed by atoms with Crippen LogP contribution in [0, 0.1) is 0 Å². The maximum atomic E-state index is 13.0. The molecule has 2 fully saturated rings. The van der Waals surface area contributed by atoms with Crippen molar-refractivity contribution in [2.45, 2.75) is 31.2 Å². The quantitative estimate of drug-likeness (QED) is 0.605. The Balaban J connectivity index is 1.16. The fourth-order valence-corrected chi connectivity index (χ4v) is 6.31. The van der Waals surface area contributed by atoms with Crippen molar-refractivity contribution in [2.75, 3.05) is 50.8 Å². The maximum Gasteiger partial charge on any atom is 0.257 e. The van der Waals surface area contributed by atoms with E-state index in [9.17, 15) is 15.0 Å². The lowest BCUT2D eigenvalue weighted by molar-refractivity contribution is -0.0835. The second-order valence-corrected chi connectivity index (χ2v) is 11.1. The van der Waals surface area contributed by atoms with Crippen molar-refractivity contribution < 1.29 is 24.5 Å². The van der Waals surface area contributed by atoms with Crippen LogP contribution in [0.4, 0.5) is 0 Å². The number of halogens is 1. The Hall–Kier alpha value is -1.97. The number of aliphatic hydroxyl groups excluding tert-OH is 1. The van der Waals surface area contributed by atoms with Crippen molar-refractivity contribution in [3.05, 3.63) is 58.1 Å². The smallest absolute Gasteiger partial charge is 0.257 e. The van der Waals surface area contributed by atoms with Crippen molar-refractivity contribution in [1.82, 2.24) is 9.80 Å². The van der Waals surface area contributed by atoms with Crippen LogP contribution in [0.2, 0.25) is 5.02 Å².